The van der Waals surface area contributed by atoms with Crippen LogP contribution in [0.25, 0.3) is 11.1 Å². The van der Waals surface area contributed by atoms with E-state index in [4.69, 9.17) is 4.74 Å². The summed E-state index contributed by atoms with van der Waals surface area (Å²) in [6, 6.07) is 20.4. The van der Waals surface area contributed by atoms with Crippen molar-refractivity contribution in [2.45, 2.75) is 50.0 Å². The first-order valence-corrected chi connectivity index (χ1v) is 13.0. The fourth-order valence-electron chi connectivity index (χ4n) is 6.70. The monoisotopic (exact) mass is 517 g/mol. The van der Waals surface area contributed by atoms with Crippen LogP contribution in [0, 0.1) is 5.92 Å². The van der Waals surface area contributed by atoms with Crippen LogP contribution < -0.4 is 9.47 Å². The van der Waals surface area contributed by atoms with Crippen LogP contribution in [0.1, 0.15) is 53.1 Å². The predicted molar refractivity (Wildman–Crippen MR) is 133 cm³/mol. The highest BCUT2D eigenvalue weighted by Gasteiger charge is 2.47. The average Bonchev–Trinajstić information content (AvgIpc) is 3.51. The van der Waals surface area contributed by atoms with Crippen LogP contribution in [-0.2, 0) is 4.74 Å². The molecule has 6 nitrogen and oxygen atoms in total. The molecule has 38 heavy (non-hydrogen) atoms. The summed E-state index contributed by atoms with van der Waals surface area (Å²) in [7, 11) is 0. The lowest BCUT2D eigenvalue weighted by Gasteiger charge is -2.37. The minimum atomic E-state index is -3.72. The summed E-state index contributed by atoms with van der Waals surface area (Å²) in [5.74, 6) is -0.667. The van der Waals surface area contributed by atoms with Gasteiger partial charge in [0.1, 0.15) is 6.61 Å². The van der Waals surface area contributed by atoms with E-state index in [0.717, 1.165) is 24.0 Å². The molecule has 1 amide bonds. The Morgan fingerprint density at radius 2 is 1.47 bits per heavy atom. The van der Waals surface area contributed by atoms with Gasteiger partial charge in [-0.15, -0.1) is 8.78 Å². The molecule has 0 N–H and O–H groups in total. The zero-order chi connectivity index (χ0) is 26.0. The quantitative estimate of drug-likeness (QED) is 0.376. The van der Waals surface area contributed by atoms with Crippen molar-refractivity contribution >= 4 is 11.9 Å². The average molecular weight is 518 g/mol. The molecular weight excluding hydrogens is 492 g/mol. The summed E-state index contributed by atoms with van der Waals surface area (Å²) in [5, 5.41) is 0. The van der Waals surface area contributed by atoms with E-state index in [1.807, 2.05) is 29.2 Å². The molecule has 8 heteroatoms. The summed E-state index contributed by atoms with van der Waals surface area (Å²) < 4.78 is 41.6. The highest BCUT2D eigenvalue weighted by Crippen LogP contribution is 2.46. The molecule has 3 heterocycles. The fraction of sp³-hybridized carbons (Fsp3) is 0.333. The minimum absolute atomic E-state index is 0.0125. The number of benzene rings is 3. The number of hydrogen-bond donors (Lipinski definition) is 0. The van der Waals surface area contributed by atoms with E-state index in [9.17, 15) is 18.4 Å². The number of hydrogen-bond acceptors (Lipinski definition) is 5. The lowest BCUT2D eigenvalue weighted by Crippen LogP contribution is -2.48. The second-order valence-corrected chi connectivity index (χ2v) is 10.5. The molecule has 7 rings (SSSR count). The second kappa shape index (κ2) is 8.55. The predicted octanol–water partition coefficient (Wildman–Crippen LogP) is 6.38. The summed E-state index contributed by atoms with van der Waals surface area (Å²) >= 11 is 0. The third-order valence-electron chi connectivity index (χ3n) is 8.34. The van der Waals surface area contributed by atoms with Crippen LogP contribution in [0.15, 0.2) is 66.7 Å². The summed E-state index contributed by atoms with van der Waals surface area (Å²) in [4.78, 5) is 28.4. The molecule has 1 aliphatic carbocycles. The minimum Gasteiger partial charge on any atom is -0.448 e. The Morgan fingerprint density at radius 3 is 2.13 bits per heavy atom. The van der Waals surface area contributed by atoms with Gasteiger partial charge >= 0.3 is 12.4 Å². The number of carbonyl (C=O) groups excluding carboxylic acids is 2. The number of nitrogens with zero attached hydrogens (tertiary/aromatic N) is 1. The number of piperidine rings is 1. The zero-order valence-corrected chi connectivity index (χ0v) is 20.4. The summed E-state index contributed by atoms with van der Waals surface area (Å²) in [5.41, 5.74) is 4.99. The van der Waals surface area contributed by atoms with E-state index < -0.39 is 6.29 Å². The first kappa shape index (κ1) is 23.2. The highest BCUT2D eigenvalue weighted by atomic mass is 19.3. The van der Waals surface area contributed by atoms with Gasteiger partial charge < -0.3 is 19.1 Å². The molecule has 2 saturated heterocycles. The van der Waals surface area contributed by atoms with Gasteiger partial charge in [-0.3, -0.25) is 4.79 Å². The Labute approximate surface area is 218 Å². The summed E-state index contributed by atoms with van der Waals surface area (Å²) in [6.07, 6.45) is -1.40. The van der Waals surface area contributed by atoms with Gasteiger partial charge in [0, 0.05) is 29.5 Å². The Hall–Kier alpha value is -3.94. The van der Waals surface area contributed by atoms with Crippen molar-refractivity contribution in [2.75, 3.05) is 6.61 Å². The number of ketones is 1. The molecule has 194 valence electrons. The number of ether oxygens (including phenoxy) is 3. The lowest BCUT2D eigenvalue weighted by molar-refractivity contribution is -0.286. The number of fused-ring (bicyclic) bond motifs is 6. The van der Waals surface area contributed by atoms with E-state index in [1.165, 1.54) is 29.3 Å². The molecule has 4 aliphatic rings. The van der Waals surface area contributed by atoms with E-state index >= 15 is 0 Å². The lowest BCUT2D eigenvalue weighted by atomic mass is 9.85. The molecular formula is C30H25F2NO5. The van der Waals surface area contributed by atoms with Crippen molar-refractivity contribution in [2.24, 2.45) is 5.92 Å². The molecule has 0 spiro atoms. The number of carbonyl (C=O) groups is 2. The summed E-state index contributed by atoms with van der Waals surface area (Å²) in [6.45, 7) is 0.257. The molecule has 0 aromatic heterocycles. The third kappa shape index (κ3) is 3.73. The third-order valence-corrected chi connectivity index (χ3v) is 8.34. The van der Waals surface area contributed by atoms with Crippen molar-refractivity contribution in [1.29, 1.82) is 0 Å². The molecule has 0 radical (unpaired) electrons. The molecule has 3 aliphatic heterocycles. The van der Waals surface area contributed by atoms with Crippen LogP contribution >= 0.6 is 0 Å². The van der Waals surface area contributed by atoms with E-state index in [2.05, 4.69) is 33.7 Å². The molecule has 2 fully saturated rings. The number of rotatable bonds is 4. The maximum Gasteiger partial charge on any atom is 0.586 e. The fourth-order valence-corrected chi connectivity index (χ4v) is 6.70. The zero-order valence-electron chi connectivity index (χ0n) is 20.4. The van der Waals surface area contributed by atoms with Gasteiger partial charge in [0.15, 0.2) is 17.3 Å². The normalized spacial score (nSPS) is 24.2. The van der Waals surface area contributed by atoms with Crippen LogP contribution in [-0.4, -0.2) is 41.8 Å². The number of Topliss-reactive ketones (excluding diaryl/α,β-unsaturated/α-hetero) is 1. The molecule has 2 atom stereocenters. The van der Waals surface area contributed by atoms with E-state index in [0.29, 0.717) is 18.4 Å². The Balaban J connectivity index is 1.03. The number of halogens is 2. The number of amides is 1. The first-order valence-electron chi connectivity index (χ1n) is 13.0. The Morgan fingerprint density at radius 1 is 0.868 bits per heavy atom. The van der Waals surface area contributed by atoms with Crippen LogP contribution in [0.3, 0.4) is 0 Å². The van der Waals surface area contributed by atoms with Gasteiger partial charge in [-0.05, 0) is 66.1 Å². The molecule has 2 unspecified atom stereocenters. The second-order valence-electron chi connectivity index (χ2n) is 10.5. The Bertz CT molecular complexity index is 1400. The van der Waals surface area contributed by atoms with Crippen molar-refractivity contribution in [3.8, 4) is 22.6 Å². The molecule has 2 bridgehead atoms. The van der Waals surface area contributed by atoms with Gasteiger partial charge in [-0.1, -0.05) is 48.5 Å². The maximum atomic E-state index is 13.4. The van der Waals surface area contributed by atoms with Gasteiger partial charge in [0.25, 0.3) is 0 Å². The van der Waals surface area contributed by atoms with E-state index in [-0.39, 0.29) is 53.9 Å². The van der Waals surface area contributed by atoms with E-state index in [1.54, 1.807) is 0 Å². The highest BCUT2D eigenvalue weighted by molar-refractivity contribution is 5.98. The smallest absolute Gasteiger partial charge is 0.448 e. The largest absolute Gasteiger partial charge is 0.586 e. The van der Waals surface area contributed by atoms with Gasteiger partial charge in [0.2, 0.25) is 0 Å². The van der Waals surface area contributed by atoms with Gasteiger partial charge in [0.05, 0.1) is 0 Å². The van der Waals surface area contributed by atoms with Crippen LogP contribution in [0.4, 0.5) is 13.6 Å². The van der Waals surface area contributed by atoms with Crippen LogP contribution in [0.5, 0.6) is 11.5 Å². The van der Waals surface area contributed by atoms with Gasteiger partial charge in [-0.2, -0.15) is 0 Å². The van der Waals surface area contributed by atoms with Crippen molar-refractivity contribution in [3.05, 3.63) is 83.4 Å². The van der Waals surface area contributed by atoms with Crippen molar-refractivity contribution in [3.63, 3.8) is 0 Å². The molecule has 0 saturated carbocycles. The van der Waals surface area contributed by atoms with Crippen molar-refractivity contribution < 1.29 is 32.6 Å². The standard InChI is InChI=1S/C30H25F2NO5/c31-30(32)37-26-12-9-17(15-27(26)38-30)28(34)18-13-19-10-11-20(14-18)33(19)29(35)36-16-25-23-7-3-1-5-21(23)22-6-2-4-8-24(22)25/h1-9,12,15,18-20,25H,10-11,13-14,16H2. The molecule has 3 aromatic rings. The topological polar surface area (TPSA) is 65.1 Å². The first-order chi connectivity index (χ1) is 18.4. The molecule has 3 aromatic carbocycles. The SMILES string of the molecule is O=C(c1ccc2c(c1)OC(F)(F)O2)C1CC2CCC(C1)N2C(=O)OCC1c2ccccc2-c2ccccc21. The maximum absolute atomic E-state index is 13.4. The van der Waals surface area contributed by atoms with Crippen molar-refractivity contribution in [1.82, 2.24) is 4.90 Å². The Kier molecular flexibility index (Phi) is 5.22. The van der Waals surface area contributed by atoms with Crippen LogP contribution in [0.2, 0.25) is 0 Å². The number of alkyl halides is 2. The van der Waals surface area contributed by atoms with Gasteiger partial charge in [-0.25, -0.2) is 4.79 Å².